The Morgan fingerprint density at radius 1 is 1.15 bits per heavy atom. The smallest absolute Gasteiger partial charge is 0.404 e. The zero-order valence-corrected chi connectivity index (χ0v) is 11.2. The number of hydrogen-bond donors (Lipinski definition) is 1. The van der Waals surface area contributed by atoms with Gasteiger partial charge in [-0.2, -0.15) is 13.2 Å². The molecule has 0 aromatic heterocycles. The highest BCUT2D eigenvalue weighted by Crippen LogP contribution is 2.57. The van der Waals surface area contributed by atoms with Gasteiger partial charge in [0, 0.05) is 0 Å². The number of rotatable bonds is 4. The summed E-state index contributed by atoms with van der Waals surface area (Å²) in [6.45, 7) is -0.745. The Hall–Kier alpha value is -0.780. The predicted octanol–water partition coefficient (Wildman–Crippen LogP) is 3.23. The zero-order valence-electron chi connectivity index (χ0n) is 11.2. The Morgan fingerprint density at radius 2 is 1.60 bits per heavy atom. The van der Waals surface area contributed by atoms with Crippen LogP contribution in [-0.4, -0.2) is 29.5 Å². The maximum atomic E-state index is 12.7. The van der Waals surface area contributed by atoms with Gasteiger partial charge < -0.3 is 9.84 Å². The number of carbonyl (C=O) groups is 1. The van der Waals surface area contributed by atoms with Crippen LogP contribution < -0.4 is 0 Å². The molecule has 4 fully saturated rings. The number of ether oxygens (including phenoxy) is 1. The third-order valence-corrected chi connectivity index (χ3v) is 5.23. The van der Waals surface area contributed by atoms with E-state index < -0.39 is 30.3 Å². The molecule has 0 spiro atoms. The van der Waals surface area contributed by atoms with Crippen LogP contribution in [0.3, 0.4) is 0 Å². The second-order valence-electron chi connectivity index (χ2n) is 6.84. The van der Waals surface area contributed by atoms with Crippen LogP contribution in [0.15, 0.2) is 0 Å². The first-order chi connectivity index (χ1) is 9.27. The lowest BCUT2D eigenvalue weighted by molar-refractivity contribution is -0.226. The monoisotopic (exact) mass is 292 g/mol. The highest BCUT2D eigenvalue weighted by molar-refractivity contribution is 5.71. The molecule has 4 saturated carbocycles. The van der Waals surface area contributed by atoms with Gasteiger partial charge in [-0.3, -0.25) is 4.79 Å². The summed E-state index contributed by atoms with van der Waals surface area (Å²) in [6, 6.07) is 0. The van der Waals surface area contributed by atoms with Gasteiger partial charge in [0.1, 0.15) is 0 Å². The minimum atomic E-state index is -4.74. The van der Waals surface area contributed by atoms with Crippen molar-refractivity contribution in [2.45, 2.75) is 50.3 Å². The molecule has 4 rings (SSSR count). The predicted molar refractivity (Wildman–Crippen MR) is 64.0 cm³/mol. The molecule has 3 nitrogen and oxygen atoms in total. The average Bonchev–Trinajstić information content (AvgIpc) is 2.23. The normalized spacial score (nSPS) is 40.9. The second-order valence-corrected chi connectivity index (χ2v) is 6.84. The molecule has 1 N–H and O–H groups in total. The first-order valence-electron chi connectivity index (χ1n) is 7.21. The van der Waals surface area contributed by atoms with Gasteiger partial charge in [0.2, 0.25) is 0 Å². The quantitative estimate of drug-likeness (QED) is 0.865. The van der Waals surface area contributed by atoms with Crippen molar-refractivity contribution in [1.82, 2.24) is 0 Å². The van der Waals surface area contributed by atoms with Crippen molar-refractivity contribution in [3.05, 3.63) is 0 Å². The molecule has 0 heterocycles. The van der Waals surface area contributed by atoms with Crippen LogP contribution in [0.5, 0.6) is 0 Å². The number of carboxylic acid groups (broad SMARTS) is 1. The Kier molecular flexibility index (Phi) is 3.27. The van der Waals surface area contributed by atoms with Gasteiger partial charge in [-0.1, -0.05) is 0 Å². The summed E-state index contributed by atoms with van der Waals surface area (Å²) >= 11 is 0. The van der Waals surface area contributed by atoms with Crippen LogP contribution in [0, 0.1) is 23.7 Å². The van der Waals surface area contributed by atoms with Crippen LogP contribution in [0.1, 0.15) is 38.5 Å². The molecule has 0 amide bonds. The van der Waals surface area contributed by atoms with Crippen LogP contribution in [0.4, 0.5) is 13.2 Å². The molecule has 4 bridgehead atoms. The molecule has 0 saturated heterocycles. The van der Waals surface area contributed by atoms with Gasteiger partial charge in [0.25, 0.3) is 0 Å². The maximum absolute atomic E-state index is 12.7. The molecule has 0 radical (unpaired) electrons. The van der Waals surface area contributed by atoms with E-state index in [9.17, 15) is 18.0 Å². The molecule has 0 aromatic rings. The number of alkyl halides is 3. The summed E-state index contributed by atoms with van der Waals surface area (Å²) in [7, 11) is 0. The van der Waals surface area contributed by atoms with Crippen LogP contribution >= 0.6 is 0 Å². The van der Waals surface area contributed by atoms with Crippen molar-refractivity contribution in [1.29, 1.82) is 0 Å². The molecule has 0 aliphatic heterocycles. The van der Waals surface area contributed by atoms with E-state index in [-0.39, 0.29) is 0 Å². The van der Waals surface area contributed by atoms with E-state index >= 15 is 0 Å². The summed E-state index contributed by atoms with van der Waals surface area (Å²) in [5.41, 5.74) is -0.478. The van der Waals surface area contributed by atoms with Gasteiger partial charge in [0.05, 0.1) is 12.2 Å². The van der Waals surface area contributed by atoms with E-state index in [1.807, 2.05) is 0 Å². The summed E-state index contributed by atoms with van der Waals surface area (Å²) in [5.74, 6) is -2.56. The van der Waals surface area contributed by atoms with E-state index in [0.29, 0.717) is 17.8 Å². The Bertz CT molecular complexity index is 370. The summed E-state index contributed by atoms with van der Waals surface area (Å²) in [6.07, 6.45) is 1.20. The molecule has 0 aromatic carbocycles. The summed E-state index contributed by atoms with van der Waals surface area (Å²) in [4.78, 5) is 10.8. The molecular weight excluding hydrogens is 273 g/mol. The van der Waals surface area contributed by atoms with Crippen LogP contribution in [0.2, 0.25) is 0 Å². The Labute approximate surface area is 115 Å². The zero-order chi connectivity index (χ0) is 14.5. The van der Waals surface area contributed by atoms with E-state index in [1.165, 1.54) is 19.3 Å². The standard InChI is InChI=1S/C14H19F3O3/c15-14(16,17)11(12(18)19)7-20-13-4-8-1-9(5-13)3-10(2-8)6-13/h8-11H,1-7H2,(H,18,19). The fourth-order valence-electron chi connectivity index (χ4n) is 4.77. The maximum Gasteiger partial charge on any atom is 0.404 e. The molecule has 4 aliphatic carbocycles. The minimum absolute atomic E-state index is 0.478. The Morgan fingerprint density at radius 3 is 1.95 bits per heavy atom. The highest BCUT2D eigenvalue weighted by Gasteiger charge is 2.53. The van der Waals surface area contributed by atoms with Gasteiger partial charge in [-0.15, -0.1) is 0 Å². The topological polar surface area (TPSA) is 46.5 Å². The molecular formula is C14H19F3O3. The van der Waals surface area contributed by atoms with Crippen LogP contribution in [-0.2, 0) is 9.53 Å². The lowest BCUT2D eigenvalue weighted by atomic mass is 9.54. The summed E-state index contributed by atoms with van der Waals surface area (Å²) < 4.78 is 43.6. The number of aliphatic carboxylic acids is 1. The number of halogens is 3. The fourth-order valence-corrected chi connectivity index (χ4v) is 4.77. The molecule has 20 heavy (non-hydrogen) atoms. The third-order valence-electron chi connectivity index (χ3n) is 5.23. The first-order valence-corrected chi connectivity index (χ1v) is 7.21. The SMILES string of the molecule is O=C(O)C(COC12CC3CC(CC(C3)C1)C2)C(F)(F)F. The second kappa shape index (κ2) is 4.61. The lowest BCUT2D eigenvalue weighted by Crippen LogP contribution is -2.53. The molecule has 1 atom stereocenters. The van der Waals surface area contributed by atoms with Gasteiger partial charge in [-0.05, 0) is 56.3 Å². The fraction of sp³-hybridized carbons (Fsp3) is 0.929. The first kappa shape index (κ1) is 14.2. The van der Waals surface area contributed by atoms with Crippen molar-refractivity contribution >= 4 is 5.97 Å². The molecule has 4 aliphatic rings. The van der Waals surface area contributed by atoms with Crippen molar-refractivity contribution in [2.75, 3.05) is 6.61 Å². The van der Waals surface area contributed by atoms with Gasteiger partial charge in [0.15, 0.2) is 5.92 Å². The van der Waals surface area contributed by atoms with E-state index in [1.54, 1.807) is 0 Å². The van der Waals surface area contributed by atoms with Crippen molar-refractivity contribution in [2.24, 2.45) is 23.7 Å². The van der Waals surface area contributed by atoms with Crippen molar-refractivity contribution < 1.29 is 27.8 Å². The third kappa shape index (κ3) is 2.54. The Balaban J connectivity index is 1.67. The van der Waals surface area contributed by atoms with E-state index in [2.05, 4.69) is 0 Å². The molecule has 6 heteroatoms. The number of carboxylic acids is 1. The highest BCUT2D eigenvalue weighted by atomic mass is 19.4. The summed E-state index contributed by atoms with van der Waals surface area (Å²) in [5, 5.41) is 8.72. The molecule has 1 unspecified atom stereocenters. The van der Waals surface area contributed by atoms with Gasteiger partial charge >= 0.3 is 12.1 Å². The lowest BCUT2D eigenvalue weighted by Gasteiger charge is -2.56. The van der Waals surface area contributed by atoms with E-state index in [4.69, 9.17) is 9.84 Å². The van der Waals surface area contributed by atoms with Gasteiger partial charge in [-0.25, -0.2) is 0 Å². The average molecular weight is 292 g/mol. The van der Waals surface area contributed by atoms with Crippen molar-refractivity contribution in [3.8, 4) is 0 Å². The largest absolute Gasteiger partial charge is 0.481 e. The van der Waals surface area contributed by atoms with Crippen LogP contribution in [0.25, 0.3) is 0 Å². The van der Waals surface area contributed by atoms with Crippen molar-refractivity contribution in [3.63, 3.8) is 0 Å². The molecule has 114 valence electrons. The minimum Gasteiger partial charge on any atom is -0.481 e. The van der Waals surface area contributed by atoms with E-state index in [0.717, 1.165) is 19.3 Å². The number of hydrogen-bond acceptors (Lipinski definition) is 2.